The number of nitrogens with zero attached hydrogens (tertiary/aromatic N) is 2. The number of urea groups is 1. The highest BCUT2D eigenvalue weighted by Gasteiger charge is 2.17. The summed E-state index contributed by atoms with van der Waals surface area (Å²) in [5.74, 6) is -0.468. The summed E-state index contributed by atoms with van der Waals surface area (Å²) in [6.07, 6.45) is 1.52. The van der Waals surface area contributed by atoms with Gasteiger partial charge in [0.2, 0.25) is 5.91 Å². The zero-order valence-electron chi connectivity index (χ0n) is 14.3. The molecule has 2 N–H and O–H groups in total. The highest BCUT2D eigenvalue weighted by atomic mass is 32.2. The van der Waals surface area contributed by atoms with Crippen LogP contribution in [0.5, 0.6) is 0 Å². The zero-order valence-corrected chi connectivity index (χ0v) is 16.0. The molecule has 2 aromatic heterocycles. The van der Waals surface area contributed by atoms with E-state index in [0.717, 1.165) is 22.2 Å². The molecule has 3 amide bonds. The van der Waals surface area contributed by atoms with Gasteiger partial charge in [0, 0.05) is 18.0 Å². The Morgan fingerprint density at radius 2 is 2.12 bits per heavy atom. The molecule has 0 saturated carbocycles. The van der Waals surface area contributed by atoms with Crippen LogP contribution in [0, 0.1) is 13.8 Å². The molecule has 0 fully saturated rings. The van der Waals surface area contributed by atoms with E-state index >= 15 is 0 Å². The molecule has 2 aromatic rings. The molecular weight excluding hydrogens is 360 g/mol. The lowest BCUT2D eigenvalue weighted by Crippen LogP contribution is -2.40. The number of rotatable bonds is 6. The topological polar surface area (TPSA) is 93.1 Å². The summed E-state index contributed by atoms with van der Waals surface area (Å²) in [5, 5.41) is 5.79. The predicted octanol–water partition coefficient (Wildman–Crippen LogP) is 2.20. The molecule has 2 rings (SSSR count). The number of imide groups is 1. The van der Waals surface area contributed by atoms with E-state index in [0.29, 0.717) is 21.9 Å². The Labute approximate surface area is 153 Å². The van der Waals surface area contributed by atoms with Gasteiger partial charge in [-0.15, -0.1) is 17.9 Å². The highest BCUT2D eigenvalue weighted by Crippen LogP contribution is 2.28. The maximum Gasteiger partial charge on any atom is 0.321 e. The molecule has 0 atom stereocenters. The van der Waals surface area contributed by atoms with Gasteiger partial charge in [0.15, 0.2) is 5.16 Å². The minimum absolute atomic E-state index is 0.0111. The molecule has 25 heavy (non-hydrogen) atoms. The van der Waals surface area contributed by atoms with Crippen molar-refractivity contribution >= 4 is 45.3 Å². The second kappa shape index (κ2) is 8.30. The molecule has 0 saturated heterocycles. The number of nitrogens with one attached hydrogen (secondary N) is 2. The summed E-state index contributed by atoms with van der Waals surface area (Å²) < 4.78 is 1.55. The van der Waals surface area contributed by atoms with E-state index in [2.05, 4.69) is 22.2 Å². The lowest BCUT2D eigenvalue weighted by atomic mass is 10.2. The van der Waals surface area contributed by atoms with Crippen molar-refractivity contribution in [1.82, 2.24) is 20.2 Å². The molecule has 2 heterocycles. The molecule has 0 bridgehead atoms. The van der Waals surface area contributed by atoms with Gasteiger partial charge in [0.25, 0.3) is 5.56 Å². The third-order valence-electron chi connectivity index (χ3n) is 3.56. The van der Waals surface area contributed by atoms with E-state index in [1.54, 1.807) is 4.57 Å². The monoisotopic (exact) mass is 380 g/mol. The maximum atomic E-state index is 12.7. The Morgan fingerprint density at radius 1 is 1.40 bits per heavy atom. The van der Waals surface area contributed by atoms with Gasteiger partial charge in [-0.25, -0.2) is 9.78 Å². The lowest BCUT2D eigenvalue weighted by Gasteiger charge is -2.10. The van der Waals surface area contributed by atoms with Crippen LogP contribution in [0.2, 0.25) is 0 Å². The van der Waals surface area contributed by atoms with Crippen LogP contribution in [-0.2, 0) is 11.3 Å². The lowest BCUT2D eigenvalue weighted by molar-refractivity contribution is -0.117. The van der Waals surface area contributed by atoms with Gasteiger partial charge in [-0.1, -0.05) is 17.8 Å². The van der Waals surface area contributed by atoms with E-state index in [9.17, 15) is 14.4 Å². The van der Waals surface area contributed by atoms with Crippen LogP contribution < -0.4 is 16.2 Å². The Kier molecular flexibility index (Phi) is 6.38. The second-order valence-corrected chi connectivity index (χ2v) is 7.39. The summed E-state index contributed by atoms with van der Waals surface area (Å²) in [7, 11) is 0. The first-order valence-corrected chi connectivity index (χ1v) is 9.51. The molecule has 0 spiro atoms. The summed E-state index contributed by atoms with van der Waals surface area (Å²) in [6.45, 7) is 9.94. The Morgan fingerprint density at radius 3 is 2.76 bits per heavy atom. The maximum absolute atomic E-state index is 12.7. The first-order valence-electron chi connectivity index (χ1n) is 7.70. The van der Waals surface area contributed by atoms with Crippen molar-refractivity contribution in [3.05, 3.63) is 33.4 Å². The van der Waals surface area contributed by atoms with Crippen LogP contribution in [-0.4, -0.2) is 33.8 Å². The minimum Gasteiger partial charge on any atom is -0.334 e. The molecule has 0 aromatic carbocycles. The highest BCUT2D eigenvalue weighted by molar-refractivity contribution is 7.99. The van der Waals surface area contributed by atoms with Crippen LogP contribution in [0.15, 0.2) is 22.6 Å². The smallest absolute Gasteiger partial charge is 0.321 e. The van der Waals surface area contributed by atoms with Crippen molar-refractivity contribution in [3.63, 3.8) is 0 Å². The van der Waals surface area contributed by atoms with Gasteiger partial charge < -0.3 is 5.32 Å². The molecular formula is C16H20N4O3S2. The van der Waals surface area contributed by atoms with Gasteiger partial charge >= 0.3 is 6.03 Å². The normalized spacial score (nSPS) is 10.7. The van der Waals surface area contributed by atoms with Crippen LogP contribution >= 0.6 is 23.1 Å². The number of amides is 3. The molecule has 134 valence electrons. The number of aryl methyl sites for hydroxylation is 2. The van der Waals surface area contributed by atoms with Crippen LogP contribution in [0.3, 0.4) is 0 Å². The number of thioether (sulfide) groups is 1. The number of hydrogen-bond acceptors (Lipinski definition) is 6. The predicted molar refractivity (Wildman–Crippen MR) is 101 cm³/mol. The van der Waals surface area contributed by atoms with E-state index < -0.39 is 11.9 Å². The number of aromatic nitrogens is 2. The van der Waals surface area contributed by atoms with Gasteiger partial charge in [0.1, 0.15) is 4.83 Å². The third kappa shape index (κ3) is 4.29. The second-order valence-electron chi connectivity index (χ2n) is 5.24. The minimum atomic E-state index is -0.578. The molecule has 9 heteroatoms. The fraction of sp³-hybridized carbons (Fsp3) is 0.375. The fourth-order valence-electron chi connectivity index (χ4n) is 2.20. The van der Waals surface area contributed by atoms with Crippen molar-refractivity contribution in [2.45, 2.75) is 32.5 Å². The molecule has 0 aliphatic heterocycles. The molecule has 7 nitrogen and oxygen atoms in total. The first kappa shape index (κ1) is 19.2. The number of carbonyl (C=O) groups is 2. The van der Waals surface area contributed by atoms with E-state index in [4.69, 9.17) is 0 Å². The van der Waals surface area contributed by atoms with Crippen LogP contribution in [0.25, 0.3) is 10.2 Å². The SMILES string of the molecule is C=CCNC(=O)NC(=O)CSc1nc2sc(C)c(C)c2c(=O)n1CC. The number of hydrogen-bond donors (Lipinski definition) is 2. The average Bonchev–Trinajstić information content (AvgIpc) is 2.85. The number of fused-ring (bicyclic) bond motifs is 1. The zero-order chi connectivity index (χ0) is 18.6. The van der Waals surface area contributed by atoms with Crippen LogP contribution in [0.1, 0.15) is 17.4 Å². The molecule has 0 aliphatic carbocycles. The number of carbonyl (C=O) groups excluding carboxylic acids is 2. The average molecular weight is 380 g/mol. The molecule has 0 aliphatic rings. The summed E-state index contributed by atoms with van der Waals surface area (Å²) in [5.41, 5.74) is 0.855. The summed E-state index contributed by atoms with van der Waals surface area (Å²) in [6, 6.07) is -0.578. The summed E-state index contributed by atoms with van der Waals surface area (Å²) in [4.78, 5) is 42.3. The van der Waals surface area contributed by atoms with E-state index in [1.807, 2.05) is 20.8 Å². The van der Waals surface area contributed by atoms with Crippen molar-refractivity contribution in [2.75, 3.05) is 12.3 Å². The largest absolute Gasteiger partial charge is 0.334 e. The van der Waals surface area contributed by atoms with Gasteiger partial charge in [-0.05, 0) is 26.3 Å². The quantitative estimate of drug-likeness (QED) is 0.455. The Bertz CT molecular complexity index is 886. The van der Waals surface area contributed by atoms with E-state index in [1.165, 1.54) is 17.4 Å². The summed E-state index contributed by atoms with van der Waals surface area (Å²) >= 11 is 2.60. The van der Waals surface area contributed by atoms with Crippen molar-refractivity contribution < 1.29 is 9.59 Å². The fourth-order valence-corrected chi connectivity index (χ4v) is 4.13. The first-order chi connectivity index (χ1) is 11.9. The van der Waals surface area contributed by atoms with Gasteiger partial charge in [-0.2, -0.15) is 0 Å². The standard InChI is InChI=1S/C16H20N4O3S2/c1-5-7-17-15(23)18-11(21)8-24-16-19-13-12(9(3)10(4)25-13)14(22)20(16)6-2/h5H,1,6-8H2,2-4H3,(H2,17,18,21,23). The van der Waals surface area contributed by atoms with Gasteiger partial charge in [0.05, 0.1) is 11.1 Å². The van der Waals surface area contributed by atoms with Gasteiger partial charge in [-0.3, -0.25) is 19.5 Å². The van der Waals surface area contributed by atoms with Crippen molar-refractivity contribution in [2.24, 2.45) is 0 Å². The Balaban J connectivity index is 2.18. The van der Waals surface area contributed by atoms with Crippen molar-refractivity contribution in [1.29, 1.82) is 0 Å². The number of thiophene rings is 1. The van der Waals surface area contributed by atoms with E-state index in [-0.39, 0.29) is 17.9 Å². The third-order valence-corrected chi connectivity index (χ3v) is 5.64. The Hall–Kier alpha value is -2.13. The molecule has 0 unspecified atom stereocenters. The van der Waals surface area contributed by atoms with Crippen molar-refractivity contribution in [3.8, 4) is 0 Å². The molecule has 0 radical (unpaired) electrons. The van der Waals surface area contributed by atoms with Crippen LogP contribution in [0.4, 0.5) is 4.79 Å².